The summed E-state index contributed by atoms with van der Waals surface area (Å²) in [5.41, 5.74) is 2.82. The third kappa shape index (κ3) is 2.56. The van der Waals surface area contributed by atoms with Crippen molar-refractivity contribution in [3.05, 3.63) is 42.0 Å². The Morgan fingerprint density at radius 1 is 1.09 bits per heavy atom. The highest BCUT2D eigenvalue weighted by molar-refractivity contribution is 7.93. The van der Waals surface area contributed by atoms with Crippen LogP contribution >= 0.6 is 23.1 Å². The Labute approximate surface area is 140 Å². The Balaban J connectivity index is 1.78. The molecule has 2 aromatic carbocycles. The second kappa shape index (κ2) is 5.22. The van der Waals surface area contributed by atoms with Gasteiger partial charge < -0.3 is 0 Å². The van der Waals surface area contributed by atoms with E-state index in [0.29, 0.717) is 16.2 Å². The van der Waals surface area contributed by atoms with Crippen molar-refractivity contribution in [2.45, 2.75) is 11.8 Å². The van der Waals surface area contributed by atoms with E-state index in [1.54, 1.807) is 12.1 Å². The summed E-state index contributed by atoms with van der Waals surface area (Å²) < 4.78 is 36.9. The van der Waals surface area contributed by atoms with Gasteiger partial charge in [0.15, 0.2) is 5.13 Å². The summed E-state index contributed by atoms with van der Waals surface area (Å²) in [6.45, 7) is 1.99. The van der Waals surface area contributed by atoms with Gasteiger partial charge in [0.25, 0.3) is 10.0 Å². The van der Waals surface area contributed by atoms with Gasteiger partial charge in [-0.05, 0) is 36.8 Å². The number of hydrogen-bond acceptors (Lipinski definition) is 7. The van der Waals surface area contributed by atoms with Crippen LogP contribution in [0.25, 0.3) is 21.3 Å². The highest BCUT2D eigenvalue weighted by Gasteiger charge is 2.21. The molecule has 0 fully saturated rings. The van der Waals surface area contributed by atoms with E-state index in [0.717, 1.165) is 27.5 Å². The van der Waals surface area contributed by atoms with Gasteiger partial charge in [0.2, 0.25) is 0 Å². The standard InChI is InChI=1S/C14H10N4O2S3/c1-8-5-6-9-11(7-8)21-14(15-9)18-23(19,20)12-4-2-3-10-13(12)17-22-16-10/h2-7H,1H3,(H,15,18). The molecule has 0 bridgehead atoms. The van der Waals surface area contributed by atoms with Gasteiger partial charge in [-0.3, -0.25) is 4.72 Å². The molecule has 0 spiro atoms. The zero-order valence-corrected chi connectivity index (χ0v) is 14.3. The van der Waals surface area contributed by atoms with Crippen molar-refractivity contribution in [2.75, 3.05) is 4.72 Å². The lowest BCUT2D eigenvalue weighted by atomic mass is 10.2. The van der Waals surface area contributed by atoms with Crippen LogP contribution in [0.3, 0.4) is 0 Å². The molecule has 1 N–H and O–H groups in total. The Kier molecular flexibility index (Phi) is 3.29. The van der Waals surface area contributed by atoms with E-state index in [1.807, 2.05) is 25.1 Å². The molecule has 23 heavy (non-hydrogen) atoms. The lowest BCUT2D eigenvalue weighted by Gasteiger charge is -2.04. The van der Waals surface area contributed by atoms with Crippen LogP contribution in [0.2, 0.25) is 0 Å². The highest BCUT2D eigenvalue weighted by Crippen LogP contribution is 2.29. The van der Waals surface area contributed by atoms with Crippen LogP contribution in [-0.2, 0) is 10.0 Å². The van der Waals surface area contributed by atoms with E-state index in [1.165, 1.54) is 17.4 Å². The van der Waals surface area contributed by atoms with Crippen LogP contribution in [0.1, 0.15) is 5.56 Å². The number of rotatable bonds is 3. The summed E-state index contributed by atoms with van der Waals surface area (Å²) in [4.78, 5) is 4.44. The molecule has 116 valence electrons. The number of sulfonamides is 1. The van der Waals surface area contributed by atoms with Gasteiger partial charge in [-0.15, -0.1) is 0 Å². The number of nitrogens with one attached hydrogen (secondary N) is 1. The largest absolute Gasteiger partial charge is 0.265 e. The fourth-order valence-electron chi connectivity index (χ4n) is 2.24. The van der Waals surface area contributed by atoms with Crippen LogP contribution in [0.5, 0.6) is 0 Å². The number of anilines is 1. The predicted octanol–water partition coefficient (Wildman–Crippen LogP) is 3.41. The van der Waals surface area contributed by atoms with Crippen LogP contribution in [0.15, 0.2) is 41.3 Å². The Hall–Kier alpha value is -2.10. The Bertz CT molecular complexity index is 1130. The molecular weight excluding hydrogens is 352 g/mol. The third-order valence-electron chi connectivity index (χ3n) is 3.30. The van der Waals surface area contributed by atoms with Crippen molar-refractivity contribution in [2.24, 2.45) is 0 Å². The predicted molar refractivity (Wildman–Crippen MR) is 92.6 cm³/mol. The summed E-state index contributed by atoms with van der Waals surface area (Å²) in [7, 11) is -3.77. The van der Waals surface area contributed by atoms with Crippen LogP contribution in [0, 0.1) is 6.92 Å². The number of benzene rings is 2. The number of aryl methyl sites for hydroxylation is 1. The molecule has 0 amide bonds. The van der Waals surface area contributed by atoms with E-state index >= 15 is 0 Å². The molecule has 0 radical (unpaired) electrons. The maximum absolute atomic E-state index is 12.6. The van der Waals surface area contributed by atoms with E-state index in [2.05, 4.69) is 18.5 Å². The molecule has 6 nitrogen and oxygen atoms in total. The summed E-state index contributed by atoms with van der Waals surface area (Å²) in [5, 5.41) is 0.339. The normalized spacial score (nSPS) is 12.0. The third-order valence-corrected chi connectivity index (χ3v) is 6.28. The van der Waals surface area contributed by atoms with Crippen LogP contribution in [-0.4, -0.2) is 22.1 Å². The number of hydrogen-bond donors (Lipinski definition) is 1. The molecule has 4 rings (SSSR count). The fraction of sp³-hybridized carbons (Fsp3) is 0.0714. The molecule has 0 saturated heterocycles. The van der Waals surface area contributed by atoms with Crippen molar-refractivity contribution < 1.29 is 8.42 Å². The van der Waals surface area contributed by atoms with Crippen molar-refractivity contribution in [3.8, 4) is 0 Å². The molecule has 2 aromatic heterocycles. The first-order valence-corrected chi connectivity index (χ1v) is 9.67. The van der Waals surface area contributed by atoms with Crippen molar-refractivity contribution in [1.29, 1.82) is 0 Å². The fourth-order valence-corrected chi connectivity index (χ4v) is 5.21. The SMILES string of the molecule is Cc1ccc2nc(NS(=O)(=O)c3cccc4nsnc34)sc2c1. The molecule has 0 unspecified atom stereocenters. The van der Waals surface area contributed by atoms with Crippen molar-refractivity contribution >= 4 is 59.5 Å². The van der Waals surface area contributed by atoms with Gasteiger partial charge in [0.1, 0.15) is 15.9 Å². The molecule has 4 aromatic rings. The number of fused-ring (bicyclic) bond motifs is 2. The van der Waals surface area contributed by atoms with Crippen LogP contribution in [0.4, 0.5) is 5.13 Å². The molecule has 0 saturated carbocycles. The minimum absolute atomic E-state index is 0.110. The molecule has 0 atom stereocenters. The summed E-state index contributed by atoms with van der Waals surface area (Å²) in [6.07, 6.45) is 0. The second-order valence-corrected chi connectivity index (χ2v) is 8.19. The monoisotopic (exact) mass is 362 g/mol. The maximum atomic E-state index is 12.6. The quantitative estimate of drug-likeness (QED) is 0.604. The van der Waals surface area contributed by atoms with E-state index in [-0.39, 0.29) is 4.90 Å². The average Bonchev–Trinajstić information content (AvgIpc) is 3.11. The topological polar surface area (TPSA) is 84.8 Å². The molecule has 0 aliphatic heterocycles. The summed E-state index contributed by atoms with van der Waals surface area (Å²) in [5.74, 6) is 0. The van der Waals surface area contributed by atoms with Crippen LogP contribution < -0.4 is 4.72 Å². The summed E-state index contributed by atoms with van der Waals surface area (Å²) >= 11 is 2.30. The Morgan fingerprint density at radius 2 is 1.96 bits per heavy atom. The lowest BCUT2D eigenvalue weighted by Crippen LogP contribution is -2.13. The van der Waals surface area contributed by atoms with Gasteiger partial charge in [0.05, 0.1) is 21.9 Å². The minimum Gasteiger partial charge on any atom is -0.255 e. The maximum Gasteiger partial charge on any atom is 0.265 e. The minimum atomic E-state index is -3.77. The first-order valence-electron chi connectivity index (χ1n) is 6.64. The zero-order valence-electron chi connectivity index (χ0n) is 11.8. The molecule has 0 aliphatic rings. The van der Waals surface area contributed by atoms with E-state index in [4.69, 9.17) is 0 Å². The van der Waals surface area contributed by atoms with Gasteiger partial charge in [-0.25, -0.2) is 13.4 Å². The smallest absolute Gasteiger partial charge is 0.255 e. The first kappa shape index (κ1) is 14.5. The summed E-state index contributed by atoms with van der Waals surface area (Å²) in [6, 6.07) is 10.7. The molecule has 0 aliphatic carbocycles. The molecule has 2 heterocycles. The second-order valence-electron chi connectivity index (χ2n) is 4.98. The van der Waals surface area contributed by atoms with Gasteiger partial charge in [-0.1, -0.05) is 23.5 Å². The van der Waals surface area contributed by atoms with Crippen molar-refractivity contribution in [3.63, 3.8) is 0 Å². The van der Waals surface area contributed by atoms with Gasteiger partial charge in [-0.2, -0.15) is 8.75 Å². The van der Waals surface area contributed by atoms with Gasteiger partial charge >= 0.3 is 0 Å². The average molecular weight is 362 g/mol. The van der Waals surface area contributed by atoms with E-state index in [9.17, 15) is 8.42 Å². The number of aromatic nitrogens is 3. The molecule has 9 heteroatoms. The lowest BCUT2D eigenvalue weighted by molar-refractivity contribution is 0.602. The number of thiazole rings is 1. The van der Waals surface area contributed by atoms with Crippen molar-refractivity contribution in [1.82, 2.24) is 13.7 Å². The molecular formula is C14H10N4O2S3. The van der Waals surface area contributed by atoms with E-state index < -0.39 is 10.0 Å². The highest BCUT2D eigenvalue weighted by atomic mass is 32.2. The zero-order chi connectivity index (χ0) is 16.0. The number of nitrogens with zero attached hydrogens (tertiary/aromatic N) is 3. The first-order chi connectivity index (χ1) is 11.0. The Morgan fingerprint density at radius 3 is 2.83 bits per heavy atom. The van der Waals surface area contributed by atoms with Gasteiger partial charge in [0, 0.05) is 0 Å².